The van der Waals surface area contributed by atoms with Crippen molar-refractivity contribution >= 4 is 21.6 Å². The highest BCUT2D eigenvalue weighted by Crippen LogP contribution is 2.14. The molecule has 0 heterocycles. The van der Waals surface area contributed by atoms with Crippen molar-refractivity contribution in [2.45, 2.75) is 63.7 Å². The zero-order chi connectivity index (χ0) is 17.1. The van der Waals surface area contributed by atoms with Crippen molar-refractivity contribution in [3.63, 3.8) is 0 Å². The molecular formula is C17H28N2O3S. The van der Waals surface area contributed by atoms with Gasteiger partial charge in [0, 0.05) is 19.2 Å². The molecule has 1 amide bonds. The van der Waals surface area contributed by atoms with Gasteiger partial charge in [-0.3, -0.25) is 4.79 Å². The molecule has 0 bridgehead atoms. The van der Waals surface area contributed by atoms with Crippen LogP contribution in [0.3, 0.4) is 0 Å². The van der Waals surface area contributed by atoms with Gasteiger partial charge in [-0.05, 0) is 30.7 Å². The molecule has 6 heteroatoms. The summed E-state index contributed by atoms with van der Waals surface area (Å²) in [4.78, 5) is 11.2. The molecule has 0 fully saturated rings. The minimum atomic E-state index is -3.47. The molecule has 2 N–H and O–H groups in total. The zero-order valence-electron chi connectivity index (χ0n) is 14.1. The number of anilines is 1. The molecule has 0 aliphatic rings. The minimum absolute atomic E-state index is 0.183. The van der Waals surface area contributed by atoms with E-state index in [0.717, 1.165) is 19.3 Å². The standard InChI is InChI=1S/C17H28N2O3S/c1-3-4-5-6-7-8-9-14-18-23(21,22)17-12-10-16(11-13-17)19-15(2)20/h10-13,18H,3-9,14H2,1-2H3,(H,19,20). The van der Waals surface area contributed by atoms with Crippen LogP contribution in [0.15, 0.2) is 29.2 Å². The lowest BCUT2D eigenvalue weighted by atomic mass is 10.1. The molecule has 0 aliphatic heterocycles. The van der Waals surface area contributed by atoms with Crippen LogP contribution in [0.25, 0.3) is 0 Å². The Bertz CT molecular complexity index is 568. The summed E-state index contributed by atoms with van der Waals surface area (Å²) in [5, 5.41) is 2.61. The first-order valence-corrected chi connectivity index (χ1v) is 9.81. The van der Waals surface area contributed by atoms with Gasteiger partial charge in [-0.1, -0.05) is 45.4 Å². The van der Waals surface area contributed by atoms with E-state index >= 15 is 0 Å². The Morgan fingerprint density at radius 1 is 0.957 bits per heavy atom. The van der Waals surface area contributed by atoms with Crippen molar-refractivity contribution in [1.82, 2.24) is 4.72 Å². The molecule has 0 spiro atoms. The quantitative estimate of drug-likeness (QED) is 0.603. The summed E-state index contributed by atoms with van der Waals surface area (Å²) in [5.74, 6) is -0.183. The largest absolute Gasteiger partial charge is 0.326 e. The maximum absolute atomic E-state index is 12.1. The van der Waals surface area contributed by atoms with E-state index < -0.39 is 10.0 Å². The van der Waals surface area contributed by atoms with Crippen LogP contribution >= 0.6 is 0 Å². The third-order valence-electron chi connectivity index (χ3n) is 3.56. The fraction of sp³-hybridized carbons (Fsp3) is 0.588. The minimum Gasteiger partial charge on any atom is -0.326 e. The van der Waals surface area contributed by atoms with Crippen molar-refractivity contribution in [3.05, 3.63) is 24.3 Å². The number of hydrogen-bond donors (Lipinski definition) is 2. The molecule has 0 saturated heterocycles. The number of carbonyl (C=O) groups excluding carboxylic acids is 1. The summed E-state index contributed by atoms with van der Waals surface area (Å²) >= 11 is 0. The third kappa shape index (κ3) is 8.13. The second-order valence-corrected chi connectivity index (χ2v) is 7.49. The number of nitrogens with one attached hydrogen (secondary N) is 2. The third-order valence-corrected chi connectivity index (χ3v) is 5.03. The first kappa shape index (κ1) is 19.6. The van der Waals surface area contributed by atoms with E-state index in [-0.39, 0.29) is 10.8 Å². The lowest BCUT2D eigenvalue weighted by Crippen LogP contribution is -2.24. The van der Waals surface area contributed by atoms with Crippen molar-refractivity contribution < 1.29 is 13.2 Å². The van der Waals surface area contributed by atoms with E-state index in [1.54, 1.807) is 12.1 Å². The second kappa shape index (κ2) is 10.4. The molecule has 0 radical (unpaired) electrons. The van der Waals surface area contributed by atoms with Crippen LogP contribution in [0.5, 0.6) is 0 Å². The maximum Gasteiger partial charge on any atom is 0.240 e. The Kier molecular flexibility index (Phi) is 8.87. The van der Waals surface area contributed by atoms with Crippen LogP contribution < -0.4 is 10.0 Å². The van der Waals surface area contributed by atoms with Gasteiger partial charge in [0.25, 0.3) is 0 Å². The van der Waals surface area contributed by atoms with Gasteiger partial charge in [-0.15, -0.1) is 0 Å². The zero-order valence-corrected chi connectivity index (χ0v) is 14.9. The molecule has 1 aromatic carbocycles. The predicted molar refractivity (Wildman–Crippen MR) is 93.9 cm³/mol. The number of unbranched alkanes of at least 4 members (excludes halogenated alkanes) is 6. The van der Waals surface area contributed by atoms with Gasteiger partial charge >= 0.3 is 0 Å². The first-order chi connectivity index (χ1) is 11.0. The predicted octanol–water partition coefficient (Wildman–Crippen LogP) is 3.67. The van der Waals surface area contributed by atoms with Crippen LogP contribution in [0, 0.1) is 0 Å². The summed E-state index contributed by atoms with van der Waals surface area (Å²) < 4.78 is 26.9. The topological polar surface area (TPSA) is 75.3 Å². The molecule has 1 aromatic rings. The van der Waals surface area contributed by atoms with Gasteiger partial charge in [0.15, 0.2) is 0 Å². The Hall–Kier alpha value is -1.40. The lowest BCUT2D eigenvalue weighted by Gasteiger charge is -2.08. The molecule has 130 valence electrons. The van der Waals surface area contributed by atoms with Gasteiger partial charge in [0.2, 0.25) is 15.9 Å². The van der Waals surface area contributed by atoms with Crippen LogP contribution in [-0.4, -0.2) is 20.9 Å². The Balaban J connectivity index is 2.33. The average Bonchev–Trinajstić information content (AvgIpc) is 2.50. The highest BCUT2D eigenvalue weighted by molar-refractivity contribution is 7.89. The van der Waals surface area contributed by atoms with Crippen LogP contribution in [0.1, 0.15) is 58.8 Å². The molecule has 0 saturated carbocycles. The smallest absolute Gasteiger partial charge is 0.240 e. The molecule has 0 aliphatic carbocycles. The summed E-state index contributed by atoms with van der Waals surface area (Å²) in [6, 6.07) is 6.17. The molecule has 23 heavy (non-hydrogen) atoms. The fourth-order valence-corrected chi connectivity index (χ4v) is 3.37. The van der Waals surface area contributed by atoms with Gasteiger partial charge in [-0.2, -0.15) is 0 Å². The van der Waals surface area contributed by atoms with Crippen molar-refractivity contribution in [3.8, 4) is 0 Å². The van der Waals surface area contributed by atoms with E-state index in [2.05, 4.69) is 17.0 Å². The van der Waals surface area contributed by atoms with Crippen molar-refractivity contribution in [2.24, 2.45) is 0 Å². The second-order valence-electron chi connectivity index (χ2n) is 5.72. The van der Waals surface area contributed by atoms with Crippen LogP contribution in [0.4, 0.5) is 5.69 Å². The van der Waals surface area contributed by atoms with Crippen molar-refractivity contribution in [2.75, 3.05) is 11.9 Å². The average molecular weight is 340 g/mol. The molecule has 0 atom stereocenters. The van der Waals surface area contributed by atoms with E-state index in [4.69, 9.17) is 0 Å². The summed E-state index contributed by atoms with van der Waals surface area (Å²) in [7, 11) is -3.47. The van der Waals surface area contributed by atoms with E-state index in [1.165, 1.54) is 44.7 Å². The number of benzene rings is 1. The van der Waals surface area contributed by atoms with E-state index in [9.17, 15) is 13.2 Å². The van der Waals surface area contributed by atoms with E-state index in [1.807, 2.05) is 0 Å². The Labute approximate surface area is 139 Å². The number of carbonyl (C=O) groups is 1. The number of rotatable bonds is 11. The van der Waals surface area contributed by atoms with Gasteiger partial charge < -0.3 is 5.32 Å². The van der Waals surface area contributed by atoms with Crippen LogP contribution in [0.2, 0.25) is 0 Å². The molecular weight excluding hydrogens is 312 g/mol. The van der Waals surface area contributed by atoms with Gasteiger partial charge in [-0.25, -0.2) is 13.1 Å². The molecule has 0 unspecified atom stereocenters. The summed E-state index contributed by atoms with van der Waals surface area (Å²) in [5.41, 5.74) is 0.587. The number of amides is 1. The van der Waals surface area contributed by atoms with Gasteiger partial charge in [0.1, 0.15) is 0 Å². The summed E-state index contributed by atoms with van der Waals surface area (Å²) in [6.45, 7) is 4.06. The lowest BCUT2D eigenvalue weighted by molar-refractivity contribution is -0.114. The normalized spacial score (nSPS) is 11.4. The maximum atomic E-state index is 12.1. The molecule has 1 rings (SSSR count). The summed E-state index contributed by atoms with van der Waals surface area (Å²) in [6.07, 6.45) is 8.08. The number of hydrogen-bond acceptors (Lipinski definition) is 3. The fourth-order valence-electron chi connectivity index (χ4n) is 2.29. The Morgan fingerprint density at radius 2 is 1.52 bits per heavy atom. The van der Waals surface area contributed by atoms with E-state index in [0.29, 0.717) is 12.2 Å². The van der Waals surface area contributed by atoms with Crippen molar-refractivity contribution in [1.29, 1.82) is 0 Å². The SMILES string of the molecule is CCCCCCCCCNS(=O)(=O)c1ccc(NC(C)=O)cc1. The Morgan fingerprint density at radius 3 is 2.09 bits per heavy atom. The first-order valence-electron chi connectivity index (χ1n) is 8.33. The monoisotopic (exact) mass is 340 g/mol. The van der Waals surface area contributed by atoms with Crippen LogP contribution in [-0.2, 0) is 14.8 Å². The highest BCUT2D eigenvalue weighted by atomic mass is 32.2. The van der Waals surface area contributed by atoms with Gasteiger partial charge in [0.05, 0.1) is 4.90 Å². The number of sulfonamides is 1. The molecule has 0 aromatic heterocycles. The highest BCUT2D eigenvalue weighted by Gasteiger charge is 2.12. The molecule has 5 nitrogen and oxygen atoms in total.